The number of nitro benzene ring substituents is 1. The third-order valence-corrected chi connectivity index (χ3v) is 4.89. The van der Waals surface area contributed by atoms with Gasteiger partial charge in [0.15, 0.2) is 11.7 Å². The van der Waals surface area contributed by atoms with Crippen LogP contribution in [0.15, 0.2) is 53.0 Å². The van der Waals surface area contributed by atoms with Crippen molar-refractivity contribution in [1.29, 1.82) is 0 Å². The van der Waals surface area contributed by atoms with Crippen molar-refractivity contribution in [3.63, 3.8) is 0 Å². The lowest BCUT2D eigenvalue weighted by molar-refractivity contribution is -0.384. The van der Waals surface area contributed by atoms with Crippen LogP contribution in [0.4, 0.5) is 5.69 Å². The largest absolute Gasteiger partial charge is 0.483 e. The van der Waals surface area contributed by atoms with E-state index in [2.05, 4.69) is 45.9 Å². The third-order valence-electron chi connectivity index (χ3n) is 4.06. The summed E-state index contributed by atoms with van der Waals surface area (Å²) in [6.07, 6.45) is 2.68. The Balaban J connectivity index is 1.74. The molecule has 0 aliphatic carbocycles. The number of carbonyl (C=O) groups excluding carboxylic acids is 2. The average Bonchev–Trinajstić information content (AvgIpc) is 2.75. The number of halogens is 1. The first-order valence-corrected chi connectivity index (χ1v) is 10.6. The van der Waals surface area contributed by atoms with Gasteiger partial charge >= 0.3 is 0 Å². The van der Waals surface area contributed by atoms with Gasteiger partial charge in [0.05, 0.1) is 9.40 Å². The molecule has 0 radical (unpaired) electrons. The second kappa shape index (κ2) is 11.9. The number of thiocarbonyl (C=S) groups is 1. The maximum absolute atomic E-state index is 11.9. The van der Waals surface area contributed by atoms with Crippen molar-refractivity contribution < 1.29 is 19.2 Å². The SMILES string of the molecule is CC(C)c1ccc(OCC(=O)NNC(=S)NC(=O)/C=C/c2ccc([N+](=O)[O-])cc2)c(Br)c1. The molecule has 0 spiro atoms. The van der Waals surface area contributed by atoms with Crippen molar-refractivity contribution in [3.05, 3.63) is 74.3 Å². The molecule has 2 aromatic carbocycles. The number of hydrazine groups is 1. The van der Waals surface area contributed by atoms with E-state index in [1.165, 1.54) is 36.4 Å². The van der Waals surface area contributed by atoms with Gasteiger partial charge in [-0.25, -0.2) is 0 Å². The van der Waals surface area contributed by atoms with E-state index < -0.39 is 16.7 Å². The van der Waals surface area contributed by atoms with Crippen LogP contribution in [0.25, 0.3) is 6.08 Å². The fraction of sp³-hybridized carbons (Fsp3) is 0.190. The summed E-state index contributed by atoms with van der Waals surface area (Å²) in [5, 5.41) is 12.9. The minimum atomic E-state index is -0.541. The molecule has 0 saturated carbocycles. The van der Waals surface area contributed by atoms with Crippen LogP contribution in [0.2, 0.25) is 0 Å². The molecule has 0 aromatic heterocycles. The van der Waals surface area contributed by atoms with Crippen molar-refractivity contribution in [1.82, 2.24) is 16.2 Å². The molecule has 11 heteroatoms. The molecule has 2 amide bonds. The molecule has 2 aromatic rings. The number of amides is 2. The topological polar surface area (TPSA) is 123 Å². The van der Waals surface area contributed by atoms with Gasteiger partial charge in [-0.1, -0.05) is 19.9 Å². The second-order valence-corrected chi connectivity index (χ2v) is 8.07. The molecule has 32 heavy (non-hydrogen) atoms. The summed E-state index contributed by atoms with van der Waals surface area (Å²) in [5.74, 6) is -0.145. The van der Waals surface area contributed by atoms with Crippen LogP contribution in [-0.2, 0) is 9.59 Å². The maximum Gasteiger partial charge on any atom is 0.276 e. The molecule has 0 heterocycles. The van der Waals surface area contributed by atoms with Crippen LogP contribution in [0.3, 0.4) is 0 Å². The van der Waals surface area contributed by atoms with Crippen molar-refractivity contribution in [3.8, 4) is 5.75 Å². The Kier molecular flexibility index (Phi) is 9.29. The fourth-order valence-electron chi connectivity index (χ4n) is 2.36. The Morgan fingerprint density at radius 1 is 1.19 bits per heavy atom. The average molecular weight is 521 g/mol. The van der Waals surface area contributed by atoms with E-state index in [-0.39, 0.29) is 17.4 Å². The number of non-ortho nitro benzene ring substituents is 1. The third kappa shape index (κ3) is 8.08. The van der Waals surface area contributed by atoms with Crippen LogP contribution < -0.4 is 20.9 Å². The van der Waals surface area contributed by atoms with E-state index in [9.17, 15) is 19.7 Å². The number of rotatable bonds is 7. The molecule has 0 bridgehead atoms. The zero-order valence-electron chi connectivity index (χ0n) is 17.3. The highest BCUT2D eigenvalue weighted by atomic mass is 79.9. The van der Waals surface area contributed by atoms with E-state index >= 15 is 0 Å². The van der Waals surface area contributed by atoms with Crippen molar-refractivity contribution in [2.75, 3.05) is 6.61 Å². The molecule has 0 aliphatic rings. The minimum absolute atomic E-state index is 0.0448. The quantitative estimate of drug-likeness (QED) is 0.220. The van der Waals surface area contributed by atoms with Crippen LogP contribution in [-0.4, -0.2) is 28.5 Å². The molecule has 2 rings (SSSR count). The van der Waals surface area contributed by atoms with Gasteiger partial charge in [0.1, 0.15) is 5.75 Å². The Hall–Kier alpha value is -3.31. The van der Waals surface area contributed by atoms with E-state index in [0.29, 0.717) is 17.2 Å². The fourth-order valence-corrected chi connectivity index (χ4v) is 3.03. The smallest absolute Gasteiger partial charge is 0.276 e. The van der Waals surface area contributed by atoms with Gasteiger partial charge in [-0.15, -0.1) is 0 Å². The number of nitrogens with one attached hydrogen (secondary N) is 3. The van der Waals surface area contributed by atoms with Gasteiger partial charge in [-0.3, -0.25) is 35.9 Å². The normalized spacial score (nSPS) is 10.6. The number of nitro groups is 1. The van der Waals surface area contributed by atoms with Gasteiger partial charge in [-0.05, 0) is 75.5 Å². The first-order valence-electron chi connectivity index (χ1n) is 9.40. The minimum Gasteiger partial charge on any atom is -0.483 e. The Labute approximate surface area is 198 Å². The van der Waals surface area contributed by atoms with Gasteiger partial charge in [0, 0.05) is 18.2 Å². The number of ether oxygens (including phenoxy) is 1. The molecule has 0 unspecified atom stereocenters. The molecular weight excluding hydrogens is 500 g/mol. The summed E-state index contributed by atoms with van der Waals surface area (Å²) in [6, 6.07) is 11.3. The lowest BCUT2D eigenvalue weighted by Crippen LogP contribution is -2.49. The molecule has 3 N–H and O–H groups in total. The number of benzene rings is 2. The summed E-state index contributed by atoms with van der Waals surface area (Å²) in [6.45, 7) is 3.90. The Morgan fingerprint density at radius 3 is 2.47 bits per heavy atom. The molecular formula is C21H21BrN4O5S. The summed E-state index contributed by atoms with van der Waals surface area (Å²) in [4.78, 5) is 33.9. The maximum atomic E-state index is 11.9. The van der Waals surface area contributed by atoms with Gasteiger partial charge < -0.3 is 4.74 Å². The van der Waals surface area contributed by atoms with Gasteiger partial charge in [0.25, 0.3) is 11.6 Å². The van der Waals surface area contributed by atoms with E-state index in [1.54, 1.807) is 6.07 Å². The van der Waals surface area contributed by atoms with Crippen LogP contribution in [0.5, 0.6) is 5.75 Å². The molecule has 9 nitrogen and oxygen atoms in total. The summed E-state index contributed by atoms with van der Waals surface area (Å²) in [5.41, 5.74) is 6.42. The molecule has 168 valence electrons. The Bertz CT molecular complexity index is 1040. The standard InChI is InChI=1S/C21H21BrN4O5S/c1-13(2)15-6-9-18(17(22)11-15)31-12-20(28)24-25-21(32)23-19(27)10-5-14-3-7-16(8-4-14)26(29)30/h3-11,13H,12H2,1-2H3,(H,24,28)(H2,23,25,27,32)/b10-5+. The Morgan fingerprint density at radius 2 is 1.88 bits per heavy atom. The predicted octanol–water partition coefficient (Wildman–Crippen LogP) is 3.59. The van der Waals surface area contributed by atoms with Crippen molar-refractivity contribution in [2.24, 2.45) is 0 Å². The number of hydrogen-bond acceptors (Lipinski definition) is 6. The lowest BCUT2D eigenvalue weighted by atomic mass is 10.0. The molecule has 0 aliphatic heterocycles. The first-order chi connectivity index (χ1) is 15.2. The number of carbonyl (C=O) groups is 2. The summed E-state index contributed by atoms with van der Waals surface area (Å²) < 4.78 is 6.22. The zero-order chi connectivity index (χ0) is 23.7. The number of hydrogen-bond donors (Lipinski definition) is 3. The predicted molar refractivity (Wildman–Crippen MR) is 128 cm³/mol. The first kappa shape index (κ1) is 25.0. The van der Waals surface area contributed by atoms with Crippen molar-refractivity contribution >= 4 is 56.8 Å². The van der Waals surface area contributed by atoms with Gasteiger partial charge in [-0.2, -0.15) is 0 Å². The van der Waals surface area contributed by atoms with E-state index in [1.807, 2.05) is 12.1 Å². The summed E-state index contributed by atoms with van der Waals surface area (Å²) >= 11 is 8.37. The highest BCUT2D eigenvalue weighted by molar-refractivity contribution is 9.10. The van der Waals surface area contributed by atoms with E-state index in [0.717, 1.165) is 10.0 Å². The molecule has 0 fully saturated rings. The van der Waals surface area contributed by atoms with Crippen LogP contribution in [0, 0.1) is 10.1 Å². The molecule has 0 saturated heterocycles. The van der Waals surface area contributed by atoms with Gasteiger partial charge in [0.2, 0.25) is 5.91 Å². The van der Waals surface area contributed by atoms with E-state index in [4.69, 9.17) is 17.0 Å². The van der Waals surface area contributed by atoms with Crippen LogP contribution in [0.1, 0.15) is 30.9 Å². The highest BCUT2D eigenvalue weighted by Crippen LogP contribution is 2.28. The van der Waals surface area contributed by atoms with Crippen molar-refractivity contribution in [2.45, 2.75) is 19.8 Å². The molecule has 0 atom stereocenters. The highest BCUT2D eigenvalue weighted by Gasteiger charge is 2.09. The lowest BCUT2D eigenvalue weighted by Gasteiger charge is -2.12. The number of nitrogens with zero attached hydrogens (tertiary/aromatic N) is 1. The zero-order valence-corrected chi connectivity index (χ0v) is 19.7. The monoisotopic (exact) mass is 520 g/mol. The summed E-state index contributed by atoms with van der Waals surface area (Å²) in [7, 11) is 0. The van der Waals surface area contributed by atoms with Crippen LogP contribution >= 0.6 is 28.1 Å². The second-order valence-electron chi connectivity index (χ2n) is 6.81.